The predicted octanol–water partition coefficient (Wildman–Crippen LogP) is 2.70. The molecule has 0 saturated carbocycles. The molecule has 0 spiro atoms. The molecule has 0 aliphatic carbocycles. The Labute approximate surface area is 152 Å². The van der Waals surface area contributed by atoms with Gasteiger partial charge >= 0.3 is 0 Å². The van der Waals surface area contributed by atoms with E-state index in [9.17, 15) is 16.8 Å². The first-order valence-electron chi connectivity index (χ1n) is 7.79. The Balaban J connectivity index is 1.68. The van der Waals surface area contributed by atoms with Crippen LogP contribution in [0.3, 0.4) is 0 Å². The van der Waals surface area contributed by atoms with E-state index in [2.05, 4.69) is 0 Å². The minimum atomic E-state index is -3.64. The molecular weight excluding hydrogens is 386 g/mol. The van der Waals surface area contributed by atoms with Crippen LogP contribution in [0.15, 0.2) is 52.0 Å². The molecule has 2 aromatic rings. The molecule has 1 aromatic carbocycles. The molecule has 2 heterocycles. The fourth-order valence-electron chi connectivity index (χ4n) is 2.90. The zero-order valence-corrected chi connectivity index (χ0v) is 15.7. The highest BCUT2D eigenvalue weighted by Gasteiger charge is 2.35. The van der Waals surface area contributed by atoms with Crippen molar-refractivity contribution in [2.24, 2.45) is 0 Å². The van der Waals surface area contributed by atoms with Gasteiger partial charge in [-0.2, -0.15) is 4.31 Å². The first-order chi connectivity index (χ1) is 11.8. The number of halogens is 1. The average Bonchev–Trinajstić information content (AvgIpc) is 3.07. The molecule has 9 heteroatoms. The Morgan fingerprint density at radius 2 is 1.68 bits per heavy atom. The number of piperidine rings is 1. The summed E-state index contributed by atoms with van der Waals surface area (Å²) in [7, 11) is -7.01. The summed E-state index contributed by atoms with van der Waals surface area (Å²) < 4.78 is 56.6. The number of nitrogens with zero attached hydrogens (tertiary/aromatic N) is 1. The van der Waals surface area contributed by atoms with E-state index in [4.69, 9.17) is 16.0 Å². The van der Waals surface area contributed by atoms with Crippen LogP contribution in [0.25, 0.3) is 0 Å². The van der Waals surface area contributed by atoms with E-state index in [1.165, 1.54) is 34.8 Å². The first kappa shape index (κ1) is 18.4. The maximum atomic E-state index is 12.6. The molecule has 1 aliphatic heterocycles. The average molecular weight is 404 g/mol. The van der Waals surface area contributed by atoms with Crippen molar-refractivity contribution in [2.75, 3.05) is 13.1 Å². The quantitative estimate of drug-likeness (QED) is 0.766. The Bertz CT molecular complexity index is 913. The van der Waals surface area contributed by atoms with Crippen molar-refractivity contribution in [1.82, 2.24) is 4.31 Å². The predicted molar refractivity (Wildman–Crippen MR) is 94.6 cm³/mol. The van der Waals surface area contributed by atoms with Crippen LogP contribution in [0.2, 0.25) is 5.02 Å². The van der Waals surface area contributed by atoms with Crippen molar-refractivity contribution in [1.29, 1.82) is 0 Å². The van der Waals surface area contributed by atoms with Gasteiger partial charge in [0.1, 0.15) is 11.5 Å². The smallest absolute Gasteiger partial charge is 0.243 e. The molecule has 0 N–H and O–H groups in total. The molecule has 1 aliphatic rings. The van der Waals surface area contributed by atoms with Crippen LogP contribution in [0.4, 0.5) is 0 Å². The number of rotatable bonds is 5. The van der Waals surface area contributed by atoms with Gasteiger partial charge in [0, 0.05) is 18.1 Å². The molecule has 1 aromatic heterocycles. The van der Waals surface area contributed by atoms with Crippen molar-refractivity contribution >= 4 is 31.5 Å². The van der Waals surface area contributed by atoms with Crippen molar-refractivity contribution in [2.45, 2.75) is 28.7 Å². The van der Waals surface area contributed by atoms with Crippen LogP contribution in [0, 0.1) is 0 Å². The van der Waals surface area contributed by atoms with Crippen LogP contribution in [0.5, 0.6) is 0 Å². The summed E-state index contributed by atoms with van der Waals surface area (Å²) in [5.74, 6) is 0.241. The second-order valence-electron chi connectivity index (χ2n) is 5.94. The molecule has 136 valence electrons. The molecule has 0 radical (unpaired) electrons. The third-order valence-electron chi connectivity index (χ3n) is 4.28. The summed E-state index contributed by atoms with van der Waals surface area (Å²) in [6.07, 6.45) is 1.98. The third kappa shape index (κ3) is 4.08. The summed E-state index contributed by atoms with van der Waals surface area (Å²) in [5, 5.41) is -0.101. The molecule has 1 fully saturated rings. The van der Waals surface area contributed by atoms with Gasteiger partial charge in [-0.1, -0.05) is 11.6 Å². The minimum Gasteiger partial charge on any atom is -0.468 e. The normalized spacial score (nSPS) is 17.6. The molecular formula is C16H18ClNO5S2. The molecule has 0 bridgehead atoms. The zero-order chi connectivity index (χ0) is 18.1. The number of hydrogen-bond donors (Lipinski definition) is 0. The van der Waals surface area contributed by atoms with Gasteiger partial charge in [-0.3, -0.25) is 0 Å². The lowest BCUT2D eigenvalue weighted by molar-refractivity contribution is 0.345. The fourth-order valence-corrected chi connectivity index (χ4v) is 6.22. The van der Waals surface area contributed by atoms with Gasteiger partial charge in [0.15, 0.2) is 9.84 Å². The zero-order valence-electron chi connectivity index (χ0n) is 13.3. The van der Waals surface area contributed by atoms with Crippen molar-refractivity contribution in [3.63, 3.8) is 0 Å². The van der Waals surface area contributed by atoms with Crippen LogP contribution in [-0.2, 0) is 25.6 Å². The molecule has 0 atom stereocenters. The molecule has 25 heavy (non-hydrogen) atoms. The summed E-state index contributed by atoms with van der Waals surface area (Å²) in [5.41, 5.74) is 0. The van der Waals surface area contributed by atoms with Gasteiger partial charge in [-0.25, -0.2) is 16.8 Å². The fraction of sp³-hybridized carbons (Fsp3) is 0.375. The summed E-state index contributed by atoms with van der Waals surface area (Å²) >= 11 is 5.79. The van der Waals surface area contributed by atoms with Crippen LogP contribution >= 0.6 is 11.6 Å². The van der Waals surface area contributed by atoms with Gasteiger partial charge in [-0.05, 0) is 49.2 Å². The Kier molecular flexibility index (Phi) is 5.24. The number of hydrogen-bond acceptors (Lipinski definition) is 5. The molecule has 6 nitrogen and oxygen atoms in total. The summed E-state index contributed by atoms with van der Waals surface area (Å²) in [6.45, 7) is 0.347. The van der Waals surface area contributed by atoms with Gasteiger partial charge in [-0.15, -0.1) is 0 Å². The lowest BCUT2D eigenvalue weighted by atomic mass is 10.2. The standard InChI is InChI=1S/C16H18ClNO5S2/c17-13-3-5-16(6-4-13)25(21,22)18-9-7-15(8-10-18)24(19,20)12-14-2-1-11-23-14/h1-6,11,15H,7-10,12H2. The molecule has 0 amide bonds. The Morgan fingerprint density at radius 1 is 1.04 bits per heavy atom. The minimum absolute atomic E-state index is 0.158. The Morgan fingerprint density at radius 3 is 2.24 bits per heavy atom. The largest absolute Gasteiger partial charge is 0.468 e. The number of sulfone groups is 1. The van der Waals surface area contributed by atoms with E-state index in [0.29, 0.717) is 10.8 Å². The van der Waals surface area contributed by atoms with Gasteiger partial charge in [0.25, 0.3) is 0 Å². The van der Waals surface area contributed by atoms with Crippen LogP contribution < -0.4 is 0 Å². The van der Waals surface area contributed by atoms with E-state index in [0.717, 1.165) is 0 Å². The topological polar surface area (TPSA) is 84.7 Å². The van der Waals surface area contributed by atoms with E-state index in [1.54, 1.807) is 12.1 Å². The highest BCUT2D eigenvalue weighted by molar-refractivity contribution is 7.91. The van der Waals surface area contributed by atoms with E-state index in [-0.39, 0.29) is 36.6 Å². The monoisotopic (exact) mass is 403 g/mol. The van der Waals surface area contributed by atoms with Gasteiger partial charge in [0.05, 0.1) is 16.4 Å². The summed E-state index contributed by atoms with van der Waals surface area (Å²) in [4.78, 5) is 0.161. The third-order valence-corrected chi connectivity index (χ3v) is 8.62. The maximum Gasteiger partial charge on any atom is 0.243 e. The highest BCUT2D eigenvalue weighted by atomic mass is 35.5. The van der Waals surface area contributed by atoms with Crippen LogP contribution in [0.1, 0.15) is 18.6 Å². The first-order valence-corrected chi connectivity index (χ1v) is 11.3. The molecule has 1 saturated heterocycles. The lowest BCUT2D eigenvalue weighted by Crippen LogP contribution is -2.42. The van der Waals surface area contributed by atoms with Crippen molar-refractivity contribution in [3.8, 4) is 0 Å². The number of sulfonamides is 1. The molecule has 0 unspecified atom stereocenters. The van der Waals surface area contributed by atoms with E-state index < -0.39 is 25.1 Å². The number of benzene rings is 1. The molecule has 3 rings (SSSR count). The number of furan rings is 1. The maximum absolute atomic E-state index is 12.6. The Hall–Kier alpha value is -1.35. The van der Waals surface area contributed by atoms with Crippen molar-refractivity contribution < 1.29 is 21.3 Å². The highest BCUT2D eigenvalue weighted by Crippen LogP contribution is 2.26. The van der Waals surface area contributed by atoms with E-state index in [1.807, 2.05) is 0 Å². The lowest BCUT2D eigenvalue weighted by Gasteiger charge is -2.30. The second-order valence-corrected chi connectivity index (χ2v) is 10.6. The second kappa shape index (κ2) is 7.11. The van der Waals surface area contributed by atoms with Crippen LogP contribution in [-0.4, -0.2) is 39.5 Å². The van der Waals surface area contributed by atoms with E-state index >= 15 is 0 Å². The summed E-state index contributed by atoms with van der Waals surface area (Å²) in [6, 6.07) is 9.22. The SMILES string of the molecule is O=S(=O)(Cc1ccco1)C1CCN(S(=O)(=O)c2ccc(Cl)cc2)CC1. The van der Waals surface area contributed by atoms with Gasteiger partial charge < -0.3 is 4.42 Å². The van der Waals surface area contributed by atoms with Crippen molar-refractivity contribution in [3.05, 3.63) is 53.4 Å². The van der Waals surface area contributed by atoms with Gasteiger partial charge in [0.2, 0.25) is 10.0 Å².